The van der Waals surface area contributed by atoms with Gasteiger partial charge in [0.1, 0.15) is 0 Å². The Morgan fingerprint density at radius 2 is 2.08 bits per heavy atom. The van der Waals surface area contributed by atoms with Crippen LogP contribution in [0.25, 0.3) is 0 Å². The fourth-order valence-electron chi connectivity index (χ4n) is 3.88. The van der Waals surface area contributed by atoms with E-state index in [-0.39, 0.29) is 5.56 Å². The third-order valence-corrected chi connectivity index (χ3v) is 5.66. The average Bonchev–Trinajstić information content (AvgIpc) is 3.00. The lowest BCUT2D eigenvalue weighted by Gasteiger charge is -2.32. The van der Waals surface area contributed by atoms with Crippen LogP contribution in [-0.2, 0) is 26.6 Å². The molecule has 0 atom stereocenters. The van der Waals surface area contributed by atoms with Crippen molar-refractivity contribution in [1.29, 1.82) is 0 Å². The molecule has 2 aliphatic rings. The first-order valence-electron chi connectivity index (χ1n) is 9.29. The molecule has 1 N–H and O–H groups in total. The van der Waals surface area contributed by atoms with Gasteiger partial charge in [-0.1, -0.05) is 6.92 Å². The van der Waals surface area contributed by atoms with Crippen LogP contribution in [0.1, 0.15) is 36.7 Å². The molecule has 0 radical (unpaired) electrons. The molecular formula is C19H27N5O. The maximum absolute atomic E-state index is 12.5. The number of H-pyrrole nitrogens is 1. The van der Waals surface area contributed by atoms with Crippen molar-refractivity contribution < 1.29 is 0 Å². The number of hydrogen-bond donors (Lipinski definition) is 1. The lowest BCUT2D eigenvalue weighted by molar-refractivity contribution is 0.235. The van der Waals surface area contributed by atoms with Crippen LogP contribution in [0.5, 0.6) is 0 Å². The van der Waals surface area contributed by atoms with Crippen molar-refractivity contribution in [2.45, 2.75) is 39.3 Å². The number of anilines is 1. The molecule has 6 nitrogen and oxygen atoms in total. The Bertz CT molecular complexity index is 800. The molecule has 2 aromatic rings. The summed E-state index contributed by atoms with van der Waals surface area (Å²) < 4.78 is 2.15. The lowest BCUT2D eigenvalue weighted by atomic mass is 9.99. The predicted octanol–water partition coefficient (Wildman–Crippen LogP) is 1.90. The minimum Gasteiger partial charge on any atom is -0.353 e. The molecule has 4 heterocycles. The summed E-state index contributed by atoms with van der Waals surface area (Å²) in [4.78, 5) is 25.0. The summed E-state index contributed by atoms with van der Waals surface area (Å²) in [7, 11) is 2.08. The molecule has 25 heavy (non-hydrogen) atoms. The zero-order valence-electron chi connectivity index (χ0n) is 15.2. The quantitative estimate of drug-likeness (QED) is 0.926. The Balaban J connectivity index is 1.54. The molecule has 0 bridgehead atoms. The highest BCUT2D eigenvalue weighted by Crippen LogP contribution is 2.22. The number of aromatic amines is 1. The zero-order valence-corrected chi connectivity index (χ0v) is 15.2. The summed E-state index contributed by atoms with van der Waals surface area (Å²) in [5.41, 5.74) is 3.17. The molecule has 0 aromatic carbocycles. The first-order valence-corrected chi connectivity index (χ1v) is 9.29. The molecule has 4 rings (SSSR count). The molecule has 0 spiro atoms. The van der Waals surface area contributed by atoms with Gasteiger partial charge in [-0.2, -0.15) is 0 Å². The molecule has 0 saturated carbocycles. The van der Waals surface area contributed by atoms with E-state index in [4.69, 9.17) is 4.98 Å². The molecule has 2 aliphatic heterocycles. The minimum absolute atomic E-state index is 0.0529. The van der Waals surface area contributed by atoms with E-state index in [9.17, 15) is 4.79 Å². The summed E-state index contributed by atoms with van der Waals surface area (Å²) in [6, 6.07) is 4.23. The Hall–Kier alpha value is -2.08. The van der Waals surface area contributed by atoms with E-state index >= 15 is 0 Å². The van der Waals surface area contributed by atoms with Crippen molar-refractivity contribution in [1.82, 2.24) is 19.4 Å². The Morgan fingerprint density at radius 3 is 2.80 bits per heavy atom. The molecule has 0 aliphatic carbocycles. The number of hydrogen-bond acceptors (Lipinski definition) is 4. The van der Waals surface area contributed by atoms with Crippen LogP contribution < -0.4 is 10.5 Å². The largest absolute Gasteiger partial charge is 0.353 e. The van der Waals surface area contributed by atoms with Crippen LogP contribution >= 0.6 is 0 Å². The van der Waals surface area contributed by atoms with Gasteiger partial charge in [0.15, 0.2) is 0 Å². The first-order chi connectivity index (χ1) is 12.1. The number of fused-ring (bicyclic) bond motifs is 1. The van der Waals surface area contributed by atoms with Crippen LogP contribution in [0.15, 0.2) is 23.1 Å². The fraction of sp³-hybridized carbons (Fsp3) is 0.579. The van der Waals surface area contributed by atoms with Crippen molar-refractivity contribution in [2.75, 3.05) is 24.5 Å². The van der Waals surface area contributed by atoms with E-state index in [0.717, 1.165) is 62.3 Å². The van der Waals surface area contributed by atoms with Crippen LogP contribution in [0.3, 0.4) is 0 Å². The van der Waals surface area contributed by atoms with Gasteiger partial charge in [-0.05, 0) is 37.3 Å². The number of rotatable bonds is 3. The normalized spacial score (nSPS) is 19.2. The first kappa shape index (κ1) is 16.4. The third kappa shape index (κ3) is 3.35. The predicted molar refractivity (Wildman–Crippen MR) is 98.7 cm³/mol. The number of piperidine rings is 1. The van der Waals surface area contributed by atoms with Crippen LogP contribution in [-0.4, -0.2) is 39.1 Å². The van der Waals surface area contributed by atoms with Gasteiger partial charge in [0.25, 0.3) is 5.56 Å². The smallest absolute Gasteiger partial charge is 0.255 e. The van der Waals surface area contributed by atoms with Crippen LogP contribution in [0.4, 0.5) is 5.95 Å². The fourth-order valence-corrected chi connectivity index (χ4v) is 3.88. The van der Waals surface area contributed by atoms with Gasteiger partial charge in [0.2, 0.25) is 5.95 Å². The van der Waals surface area contributed by atoms with Gasteiger partial charge < -0.3 is 9.47 Å². The average molecular weight is 341 g/mol. The number of nitrogens with one attached hydrogen (secondary N) is 1. The summed E-state index contributed by atoms with van der Waals surface area (Å²) in [6.07, 6.45) is 5.19. The summed E-state index contributed by atoms with van der Waals surface area (Å²) in [5.74, 6) is 1.53. The maximum atomic E-state index is 12.5. The minimum atomic E-state index is 0.0529. The zero-order chi connectivity index (χ0) is 17.4. The van der Waals surface area contributed by atoms with Crippen molar-refractivity contribution in [3.05, 3.63) is 45.6 Å². The van der Waals surface area contributed by atoms with E-state index in [1.165, 1.54) is 18.5 Å². The van der Waals surface area contributed by atoms with Gasteiger partial charge in [0.05, 0.1) is 5.69 Å². The second kappa shape index (κ2) is 6.67. The van der Waals surface area contributed by atoms with Crippen LogP contribution in [0.2, 0.25) is 0 Å². The molecule has 6 heteroatoms. The highest BCUT2D eigenvalue weighted by Gasteiger charge is 2.24. The van der Waals surface area contributed by atoms with Crippen molar-refractivity contribution >= 4 is 5.95 Å². The number of aromatic nitrogens is 3. The summed E-state index contributed by atoms with van der Waals surface area (Å²) in [5, 5.41) is 0. The van der Waals surface area contributed by atoms with Gasteiger partial charge in [0, 0.05) is 57.2 Å². The van der Waals surface area contributed by atoms with Crippen molar-refractivity contribution in [3.8, 4) is 0 Å². The van der Waals surface area contributed by atoms with Gasteiger partial charge >= 0.3 is 0 Å². The molecule has 2 aromatic heterocycles. The molecular weight excluding hydrogens is 314 g/mol. The Kier molecular flexibility index (Phi) is 4.37. The second-order valence-electron chi connectivity index (χ2n) is 7.56. The van der Waals surface area contributed by atoms with Gasteiger partial charge in [-0.25, -0.2) is 4.98 Å². The topological polar surface area (TPSA) is 57.2 Å². The summed E-state index contributed by atoms with van der Waals surface area (Å²) in [6.45, 7) is 6.81. The van der Waals surface area contributed by atoms with E-state index in [0.29, 0.717) is 0 Å². The van der Waals surface area contributed by atoms with Crippen molar-refractivity contribution in [2.24, 2.45) is 13.0 Å². The van der Waals surface area contributed by atoms with E-state index < -0.39 is 0 Å². The molecule has 0 amide bonds. The highest BCUT2D eigenvalue weighted by atomic mass is 16.1. The molecule has 1 fully saturated rings. The van der Waals surface area contributed by atoms with Gasteiger partial charge in [-0.15, -0.1) is 0 Å². The maximum Gasteiger partial charge on any atom is 0.255 e. The molecule has 0 unspecified atom stereocenters. The Labute approximate surface area is 148 Å². The van der Waals surface area contributed by atoms with E-state index in [2.05, 4.69) is 51.7 Å². The summed E-state index contributed by atoms with van der Waals surface area (Å²) >= 11 is 0. The SMILES string of the molecule is CC1CCN(c2nc3c(c(=O)[nH]2)CCN(Cc2cccn2C)C3)CC1. The highest BCUT2D eigenvalue weighted by molar-refractivity contribution is 5.35. The van der Waals surface area contributed by atoms with Crippen molar-refractivity contribution in [3.63, 3.8) is 0 Å². The Morgan fingerprint density at radius 1 is 1.28 bits per heavy atom. The molecule has 1 saturated heterocycles. The number of nitrogens with zero attached hydrogens (tertiary/aromatic N) is 4. The van der Waals surface area contributed by atoms with Gasteiger partial charge in [-0.3, -0.25) is 14.7 Å². The molecule has 134 valence electrons. The standard InChI is InChI=1S/C19H27N5O/c1-14-5-10-24(11-6-14)19-20-17-13-23(9-7-16(17)18(25)21-19)12-15-4-3-8-22(15)2/h3-4,8,14H,5-7,9-13H2,1-2H3,(H,20,21,25). The third-order valence-electron chi connectivity index (χ3n) is 5.66. The lowest BCUT2D eigenvalue weighted by Crippen LogP contribution is -2.39. The van der Waals surface area contributed by atoms with Crippen LogP contribution in [0, 0.1) is 5.92 Å². The number of aryl methyl sites for hydroxylation is 1. The van der Waals surface area contributed by atoms with E-state index in [1.54, 1.807) is 0 Å². The monoisotopic (exact) mass is 341 g/mol. The second-order valence-corrected chi connectivity index (χ2v) is 7.56. The van der Waals surface area contributed by atoms with E-state index in [1.807, 2.05) is 0 Å².